The maximum atomic E-state index is 11.8. The highest BCUT2D eigenvalue weighted by Crippen LogP contribution is 2.12. The van der Waals surface area contributed by atoms with Crippen LogP contribution in [-0.2, 0) is 11.3 Å². The number of aromatic nitrogens is 3. The molecule has 0 bridgehead atoms. The summed E-state index contributed by atoms with van der Waals surface area (Å²) in [4.78, 5) is 14.7. The van der Waals surface area contributed by atoms with Crippen molar-refractivity contribution in [3.05, 3.63) is 34.8 Å². The zero-order valence-corrected chi connectivity index (χ0v) is 11.4. The van der Waals surface area contributed by atoms with Gasteiger partial charge in [0, 0.05) is 24.0 Å². The van der Waals surface area contributed by atoms with Crippen LogP contribution in [0.3, 0.4) is 0 Å². The first-order chi connectivity index (χ1) is 8.69. The first kappa shape index (κ1) is 12.8. The van der Waals surface area contributed by atoms with Crippen LogP contribution in [-0.4, -0.2) is 34.4 Å². The van der Waals surface area contributed by atoms with E-state index in [-0.39, 0.29) is 5.91 Å². The van der Waals surface area contributed by atoms with Gasteiger partial charge in [-0.2, -0.15) is 5.10 Å². The lowest BCUT2D eigenvalue weighted by atomic mass is 10.4. The van der Waals surface area contributed by atoms with Gasteiger partial charge in [-0.05, 0) is 22.0 Å². The highest BCUT2D eigenvalue weighted by atomic mass is 79.9. The molecule has 0 unspecified atom stereocenters. The lowest BCUT2D eigenvalue weighted by Crippen LogP contribution is -2.11. The summed E-state index contributed by atoms with van der Waals surface area (Å²) in [6.45, 7) is 1.24. The lowest BCUT2D eigenvalue weighted by molar-refractivity contribution is 0.102. The number of carbonyl (C=O) groups excluding carboxylic acids is 1. The summed E-state index contributed by atoms with van der Waals surface area (Å²) in [5, 5.41) is 6.86. The normalized spacial score (nSPS) is 10.6. The lowest BCUT2D eigenvalue weighted by Gasteiger charge is -2.00. The third-order valence-corrected chi connectivity index (χ3v) is 2.77. The topological polar surface area (TPSA) is 71.9 Å². The fourth-order valence-electron chi connectivity index (χ4n) is 1.43. The van der Waals surface area contributed by atoms with Crippen molar-refractivity contribution in [2.75, 3.05) is 19.0 Å². The Hall–Kier alpha value is -1.60. The van der Waals surface area contributed by atoms with Gasteiger partial charge < -0.3 is 15.0 Å². The number of hydrogen-bond acceptors (Lipinski definition) is 3. The van der Waals surface area contributed by atoms with Gasteiger partial charge in [0.25, 0.3) is 5.91 Å². The summed E-state index contributed by atoms with van der Waals surface area (Å²) in [6.07, 6.45) is 5.07. The van der Waals surface area contributed by atoms with Crippen molar-refractivity contribution in [3.8, 4) is 0 Å². The Labute approximate surface area is 112 Å². The van der Waals surface area contributed by atoms with Crippen LogP contribution in [0.2, 0.25) is 0 Å². The van der Waals surface area contributed by atoms with Crippen molar-refractivity contribution in [1.82, 2.24) is 14.8 Å². The van der Waals surface area contributed by atoms with Crippen molar-refractivity contribution in [1.29, 1.82) is 0 Å². The predicted octanol–water partition coefficient (Wildman–Crippen LogP) is 1.87. The summed E-state index contributed by atoms with van der Waals surface area (Å²) >= 11 is 3.28. The van der Waals surface area contributed by atoms with Gasteiger partial charge in [0.2, 0.25) is 0 Å². The van der Waals surface area contributed by atoms with E-state index in [1.54, 1.807) is 36.4 Å². The number of anilines is 1. The van der Waals surface area contributed by atoms with Crippen molar-refractivity contribution in [2.24, 2.45) is 0 Å². The van der Waals surface area contributed by atoms with E-state index >= 15 is 0 Å². The average Bonchev–Trinajstić information content (AvgIpc) is 2.96. The Kier molecular flexibility index (Phi) is 4.16. The molecule has 0 spiro atoms. The molecule has 0 aliphatic rings. The number of nitrogens with one attached hydrogen (secondary N) is 2. The summed E-state index contributed by atoms with van der Waals surface area (Å²) < 4.78 is 7.50. The third-order valence-electron chi connectivity index (χ3n) is 2.31. The molecule has 0 aliphatic heterocycles. The van der Waals surface area contributed by atoms with Crippen molar-refractivity contribution >= 4 is 27.5 Å². The van der Waals surface area contributed by atoms with E-state index in [0.29, 0.717) is 24.5 Å². The van der Waals surface area contributed by atoms with Crippen LogP contribution in [0.1, 0.15) is 10.5 Å². The van der Waals surface area contributed by atoms with Gasteiger partial charge >= 0.3 is 0 Å². The molecular weight excluding hydrogens is 300 g/mol. The average molecular weight is 313 g/mol. The summed E-state index contributed by atoms with van der Waals surface area (Å²) in [6, 6.07) is 1.71. The second-order valence-electron chi connectivity index (χ2n) is 3.67. The van der Waals surface area contributed by atoms with Gasteiger partial charge in [0.15, 0.2) is 0 Å². The number of H-pyrrole nitrogens is 1. The van der Waals surface area contributed by atoms with Crippen LogP contribution in [0.4, 0.5) is 5.69 Å². The maximum Gasteiger partial charge on any atom is 0.272 e. The maximum absolute atomic E-state index is 11.8. The number of amides is 1. The number of aromatic amines is 1. The number of carbonyl (C=O) groups is 1. The minimum absolute atomic E-state index is 0.202. The molecule has 2 aromatic heterocycles. The van der Waals surface area contributed by atoms with E-state index in [4.69, 9.17) is 4.74 Å². The monoisotopic (exact) mass is 312 g/mol. The molecule has 2 rings (SSSR count). The van der Waals surface area contributed by atoms with Gasteiger partial charge in [0.1, 0.15) is 5.69 Å². The molecule has 2 heterocycles. The first-order valence-corrected chi connectivity index (χ1v) is 6.15. The second kappa shape index (κ2) is 5.83. The minimum atomic E-state index is -0.202. The Morgan fingerprint density at radius 2 is 2.50 bits per heavy atom. The SMILES string of the molecule is COCCn1cc(NC(=O)c2cc(Br)c[nH]2)cn1. The molecule has 0 saturated heterocycles. The number of halogens is 1. The Balaban J connectivity index is 1.97. The molecule has 96 valence electrons. The molecule has 2 aromatic rings. The molecule has 0 atom stereocenters. The van der Waals surface area contributed by atoms with Crippen LogP contribution in [0.25, 0.3) is 0 Å². The smallest absolute Gasteiger partial charge is 0.272 e. The Bertz CT molecular complexity index is 535. The van der Waals surface area contributed by atoms with Gasteiger partial charge in [-0.25, -0.2) is 0 Å². The summed E-state index contributed by atoms with van der Waals surface area (Å²) in [5.41, 5.74) is 1.15. The Morgan fingerprint density at radius 1 is 1.67 bits per heavy atom. The number of ether oxygens (including phenoxy) is 1. The number of rotatable bonds is 5. The molecule has 18 heavy (non-hydrogen) atoms. The van der Waals surface area contributed by atoms with Crippen LogP contribution in [0.5, 0.6) is 0 Å². The molecule has 0 aromatic carbocycles. The van der Waals surface area contributed by atoms with Crippen molar-refractivity contribution < 1.29 is 9.53 Å². The van der Waals surface area contributed by atoms with Crippen molar-refractivity contribution in [3.63, 3.8) is 0 Å². The van der Waals surface area contributed by atoms with Gasteiger partial charge in [-0.1, -0.05) is 0 Å². The van der Waals surface area contributed by atoms with Crippen LogP contribution >= 0.6 is 15.9 Å². The molecule has 0 aliphatic carbocycles. The molecule has 2 N–H and O–H groups in total. The zero-order chi connectivity index (χ0) is 13.0. The fraction of sp³-hybridized carbons (Fsp3) is 0.273. The molecule has 6 nitrogen and oxygen atoms in total. The highest BCUT2D eigenvalue weighted by molar-refractivity contribution is 9.10. The number of hydrogen-bond donors (Lipinski definition) is 2. The zero-order valence-electron chi connectivity index (χ0n) is 9.81. The number of methoxy groups -OCH3 is 1. The summed E-state index contributed by atoms with van der Waals surface area (Å²) in [7, 11) is 1.63. The van der Waals surface area contributed by atoms with E-state index in [1.165, 1.54) is 0 Å². The van der Waals surface area contributed by atoms with Crippen LogP contribution in [0, 0.1) is 0 Å². The molecule has 0 saturated carbocycles. The van der Waals surface area contributed by atoms with E-state index in [2.05, 4.69) is 31.3 Å². The minimum Gasteiger partial charge on any atom is -0.383 e. The van der Waals surface area contributed by atoms with Gasteiger partial charge in [-0.15, -0.1) is 0 Å². The summed E-state index contributed by atoms with van der Waals surface area (Å²) in [5.74, 6) is -0.202. The fourth-order valence-corrected chi connectivity index (χ4v) is 1.78. The molecular formula is C11H13BrN4O2. The quantitative estimate of drug-likeness (QED) is 0.885. The van der Waals surface area contributed by atoms with E-state index in [1.807, 2.05) is 0 Å². The van der Waals surface area contributed by atoms with E-state index in [9.17, 15) is 4.79 Å². The first-order valence-electron chi connectivity index (χ1n) is 5.35. The molecule has 1 amide bonds. The predicted molar refractivity (Wildman–Crippen MR) is 70.5 cm³/mol. The molecule has 7 heteroatoms. The standard InChI is InChI=1S/C11H13BrN4O2/c1-18-3-2-16-7-9(6-14-16)15-11(17)10-4-8(12)5-13-10/h4-7,13H,2-3H2,1H3,(H,15,17). The number of nitrogens with zero attached hydrogens (tertiary/aromatic N) is 2. The van der Waals surface area contributed by atoms with E-state index in [0.717, 1.165) is 4.47 Å². The molecule has 0 fully saturated rings. The molecule has 0 radical (unpaired) electrons. The Morgan fingerprint density at radius 3 is 3.17 bits per heavy atom. The second-order valence-corrected chi connectivity index (χ2v) is 4.59. The van der Waals surface area contributed by atoms with Gasteiger partial charge in [-0.3, -0.25) is 9.48 Å². The van der Waals surface area contributed by atoms with Crippen LogP contribution < -0.4 is 5.32 Å². The largest absolute Gasteiger partial charge is 0.383 e. The van der Waals surface area contributed by atoms with Gasteiger partial charge in [0.05, 0.1) is 25.0 Å². The highest BCUT2D eigenvalue weighted by Gasteiger charge is 2.09. The van der Waals surface area contributed by atoms with Crippen LogP contribution in [0.15, 0.2) is 29.1 Å². The third kappa shape index (κ3) is 3.21. The van der Waals surface area contributed by atoms with E-state index < -0.39 is 0 Å². The van der Waals surface area contributed by atoms with Crippen molar-refractivity contribution in [2.45, 2.75) is 6.54 Å².